The van der Waals surface area contributed by atoms with Gasteiger partial charge in [-0.15, -0.1) is 0 Å². The molecule has 134 valence electrons. The molecule has 0 aliphatic heterocycles. The van der Waals surface area contributed by atoms with E-state index in [-0.39, 0.29) is 18.2 Å². The SMILES string of the molecule is CC(=O)n1cc(/C=N/NC(=O)Cc2c[nH]c3ccccc23)c2ccccc21. The summed E-state index contributed by atoms with van der Waals surface area (Å²) in [4.78, 5) is 27.2. The van der Waals surface area contributed by atoms with Crippen LogP contribution in [0.1, 0.15) is 22.8 Å². The van der Waals surface area contributed by atoms with Crippen LogP contribution in [0.5, 0.6) is 0 Å². The van der Waals surface area contributed by atoms with Crippen LogP contribution < -0.4 is 5.43 Å². The van der Waals surface area contributed by atoms with Gasteiger partial charge in [-0.25, -0.2) is 5.43 Å². The van der Waals surface area contributed by atoms with Gasteiger partial charge in [-0.3, -0.25) is 14.2 Å². The van der Waals surface area contributed by atoms with Gasteiger partial charge in [0.1, 0.15) is 0 Å². The van der Waals surface area contributed by atoms with Crippen LogP contribution in [0.25, 0.3) is 21.8 Å². The number of para-hydroxylation sites is 2. The maximum Gasteiger partial charge on any atom is 0.244 e. The molecule has 2 heterocycles. The zero-order chi connectivity index (χ0) is 18.8. The molecule has 0 saturated carbocycles. The fraction of sp³-hybridized carbons (Fsp3) is 0.0952. The standard InChI is InChI=1S/C21H18N4O2/c1-14(26)25-13-16(18-7-3-5-9-20(18)25)12-23-24-21(27)10-15-11-22-19-8-4-2-6-17(15)19/h2-9,11-13,22H,10H2,1H3,(H,24,27)/b23-12+. The fourth-order valence-electron chi connectivity index (χ4n) is 3.23. The minimum atomic E-state index is -0.202. The molecule has 0 atom stereocenters. The lowest BCUT2D eigenvalue weighted by molar-refractivity contribution is -0.120. The number of hydrazone groups is 1. The van der Waals surface area contributed by atoms with Crippen molar-refractivity contribution in [2.24, 2.45) is 5.10 Å². The Balaban J connectivity index is 1.50. The van der Waals surface area contributed by atoms with E-state index in [2.05, 4.69) is 15.5 Å². The lowest BCUT2D eigenvalue weighted by Crippen LogP contribution is -2.19. The Kier molecular flexibility index (Phi) is 4.30. The van der Waals surface area contributed by atoms with Crippen LogP contribution in [0.4, 0.5) is 0 Å². The molecule has 0 bridgehead atoms. The van der Waals surface area contributed by atoms with Gasteiger partial charge in [-0.05, 0) is 17.7 Å². The van der Waals surface area contributed by atoms with Crippen LogP contribution in [0.15, 0.2) is 66.0 Å². The number of benzene rings is 2. The Bertz CT molecular complexity index is 1180. The van der Waals surface area contributed by atoms with Crippen LogP contribution in [0.2, 0.25) is 0 Å². The molecule has 4 rings (SSSR count). The van der Waals surface area contributed by atoms with Crippen molar-refractivity contribution in [3.63, 3.8) is 0 Å². The van der Waals surface area contributed by atoms with Crippen molar-refractivity contribution in [1.29, 1.82) is 0 Å². The summed E-state index contributed by atoms with van der Waals surface area (Å²) in [7, 11) is 0. The monoisotopic (exact) mass is 358 g/mol. The van der Waals surface area contributed by atoms with Gasteiger partial charge in [0.2, 0.25) is 11.8 Å². The smallest absolute Gasteiger partial charge is 0.244 e. The Labute approximate surface area is 155 Å². The van der Waals surface area contributed by atoms with E-state index in [1.807, 2.05) is 54.7 Å². The molecule has 6 nitrogen and oxygen atoms in total. The number of amides is 1. The predicted molar refractivity (Wildman–Crippen MR) is 106 cm³/mol. The van der Waals surface area contributed by atoms with Gasteiger partial charge < -0.3 is 4.98 Å². The first kappa shape index (κ1) is 16.8. The second-order valence-electron chi connectivity index (χ2n) is 6.32. The molecular weight excluding hydrogens is 340 g/mol. The van der Waals surface area contributed by atoms with Gasteiger partial charge in [0, 0.05) is 41.2 Å². The van der Waals surface area contributed by atoms with Gasteiger partial charge >= 0.3 is 0 Å². The van der Waals surface area contributed by atoms with Crippen molar-refractivity contribution in [2.75, 3.05) is 0 Å². The first-order valence-electron chi connectivity index (χ1n) is 8.61. The number of aromatic amines is 1. The predicted octanol–water partition coefficient (Wildman–Crippen LogP) is 3.48. The number of carbonyl (C=O) groups excluding carboxylic acids is 2. The minimum absolute atomic E-state index is 0.0748. The second kappa shape index (κ2) is 6.92. The van der Waals surface area contributed by atoms with E-state index < -0.39 is 0 Å². The highest BCUT2D eigenvalue weighted by Crippen LogP contribution is 2.20. The number of hydrogen-bond donors (Lipinski definition) is 2. The molecule has 4 aromatic rings. The Hall–Kier alpha value is -3.67. The zero-order valence-electron chi connectivity index (χ0n) is 14.8. The topological polar surface area (TPSA) is 79.2 Å². The Morgan fingerprint density at radius 3 is 2.67 bits per heavy atom. The number of rotatable bonds is 4. The second-order valence-corrected chi connectivity index (χ2v) is 6.32. The average molecular weight is 358 g/mol. The van der Waals surface area contributed by atoms with E-state index >= 15 is 0 Å². The van der Waals surface area contributed by atoms with Crippen LogP contribution in [0, 0.1) is 0 Å². The lowest BCUT2D eigenvalue weighted by atomic mass is 10.1. The van der Waals surface area contributed by atoms with Gasteiger partial charge in [-0.1, -0.05) is 36.4 Å². The van der Waals surface area contributed by atoms with Crippen molar-refractivity contribution in [3.05, 3.63) is 72.1 Å². The van der Waals surface area contributed by atoms with E-state index in [1.54, 1.807) is 17.0 Å². The molecule has 6 heteroatoms. The summed E-state index contributed by atoms with van der Waals surface area (Å²) in [5.41, 5.74) is 6.07. The number of carbonyl (C=O) groups is 2. The summed E-state index contributed by atoms with van der Waals surface area (Å²) in [6.45, 7) is 1.51. The highest BCUT2D eigenvalue weighted by atomic mass is 16.2. The summed E-state index contributed by atoms with van der Waals surface area (Å²) >= 11 is 0. The van der Waals surface area contributed by atoms with Crippen molar-refractivity contribution in [3.8, 4) is 0 Å². The van der Waals surface area contributed by atoms with E-state index in [4.69, 9.17) is 0 Å². The summed E-state index contributed by atoms with van der Waals surface area (Å²) in [6.07, 6.45) is 5.36. The van der Waals surface area contributed by atoms with Gasteiger partial charge in [0.25, 0.3) is 0 Å². The van der Waals surface area contributed by atoms with E-state index in [0.29, 0.717) is 0 Å². The quantitative estimate of drug-likeness (QED) is 0.433. The highest BCUT2D eigenvalue weighted by molar-refractivity contribution is 6.03. The van der Waals surface area contributed by atoms with Crippen molar-refractivity contribution in [1.82, 2.24) is 15.0 Å². The highest BCUT2D eigenvalue weighted by Gasteiger charge is 2.10. The zero-order valence-corrected chi connectivity index (χ0v) is 14.8. The first-order chi connectivity index (χ1) is 13.1. The molecule has 2 N–H and O–H groups in total. The van der Waals surface area contributed by atoms with Crippen LogP contribution in [-0.2, 0) is 11.2 Å². The third-order valence-electron chi connectivity index (χ3n) is 4.50. The van der Waals surface area contributed by atoms with Gasteiger partial charge in [-0.2, -0.15) is 5.10 Å². The Morgan fingerprint density at radius 1 is 1.11 bits per heavy atom. The van der Waals surface area contributed by atoms with Crippen LogP contribution in [-0.4, -0.2) is 27.6 Å². The molecule has 0 radical (unpaired) electrons. The molecule has 2 aromatic carbocycles. The maximum atomic E-state index is 12.2. The van der Waals surface area contributed by atoms with Crippen LogP contribution >= 0.6 is 0 Å². The number of aromatic nitrogens is 2. The molecule has 27 heavy (non-hydrogen) atoms. The average Bonchev–Trinajstić information content (AvgIpc) is 3.24. The fourth-order valence-corrected chi connectivity index (χ4v) is 3.23. The number of nitrogens with zero attached hydrogens (tertiary/aromatic N) is 2. The van der Waals surface area contributed by atoms with Gasteiger partial charge in [0.15, 0.2) is 0 Å². The minimum Gasteiger partial charge on any atom is -0.361 e. The molecule has 2 aromatic heterocycles. The van der Waals surface area contributed by atoms with Crippen molar-refractivity contribution < 1.29 is 9.59 Å². The molecule has 0 spiro atoms. The van der Waals surface area contributed by atoms with E-state index in [0.717, 1.165) is 32.9 Å². The number of fused-ring (bicyclic) bond motifs is 2. The normalized spacial score (nSPS) is 11.4. The maximum absolute atomic E-state index is 12.2. The number of nitrogens with one attached hydrogen (secondary N) is 2. The van der Waals surface area contributed by atoms with Gasteiger partial charge in [0.05, 0.1) is 18.2 Å². The number of H-pyrrole nitrogens is 1. The first-order valence-corrected chi connectivity index (χ1v) is 8.61. The van der Waals surface area contributed by atoms with E-state index in [1.165, 1.54) is 6.92 Å². The summed E-state index contributed by atoms with van der Waals surface area (Å²) < 4.78 is 1.57. The largest absolute Gasteiger partial charge is 0.361 e. The molecule has 0 aliphatic carbocycles. The molecule has 0 saturated heterocycles. The summed E-state index contributed by atoms with van der Waals surface area (Å²) in [5.74, 6) is -0.277. The lowest BCUT2D eigenvalue weighted by Gasteiger charge is -1.99. The molecule has 1 amide bonds. The molecule has 0 unspecified atom stereocenters. The Morgan fingerprint density at radius 2 is 1.85 bits per heavy atom. The van der Waals surface area contributed by atoms with Crippen molar-refractivity contribution in [2.45, 2.75) is 13.3 Å². The molecular formula is C21H18N4O2. The number of hydrogen-bond acceptors (Lipinski definition) is 3. The summed E-state index contributed by atoms with van der Waals surface area (Å²) in [5, 5.41) is 6.00. The van der Waals surface area contributed by atoms with E-state index in [9.17, 15) is 9.59 Å². The molecule has 0 aliphatic rings. The summed E-state index contributed by atoms with van der Waals surface area (Å²) in [6, 6.07) is 15.4. The van der Waals surface area contributed by atoms with Crippen molar-refractivity contribution >= 4 is 39.8 Å². The van der Waals surface area contributed by atoms with Crippen LogP contribution in [0.3, 0.4) is 0 Å². The third-order valence-corrected chi connectivity index (χ3v) is 4.50. The third kappa shape index (κ3) is 3.25. The molecule has 0 fully saturated rings.